The van der Waals surface area contributed by atoms with Crippen LogP contribution in [0.15, 0.2) is 30.3 Å². The number of benzene rings is 2. The van der Waals surface area contributed by atoms with Crippen LogP contribution in [0.3, 0.4) is 0 Å². The Balaban J connectivity index is 0.000000626. The summed E-state index contributed by atoms with van der Waals surface area (Å²) in [6, 6.07) is 9.63. The first-order valence-electron chi connectivity index (χ1n) is 20.6. The number of carbonyl (C=O) groups is 4. The van der Waals surface area contributed by atoms with Crippen molar-refractivity contribution >= 4 is 34.8 Å². The molecular weight excluding hydrogens is 796 g/mol. The van der Waals surface area contributed by atoms with Gasteiger partial charge >= 0.3 is 23.9 Å². The first kappa shape index (κ1) is 47.0. The second kappa shape index (κ2) is 20.6. The van der Waals surface area contributed by atoms with Crippen LogP contribution in [0.4, 0.5) is 0 Å². The fourth-order valence-electron chi connectivity index (χ4n) is 9.80. The van der Waals surface area contributed by atoms with E-state index in [-0.39, 0.29) is 29.3 Å². The minimum absolute atomic E-state index is 0.00880. The van der Waals surface area contributed by atoms with E-state index >= 15 is 0 Å². The van der Waals surface area contributed by atoms with E-state index in [0.717, 1.165) is 57.6 Å². The number of hydrogen-bond acceptors (Lipinski definition) is 14. The fourth-order valence-corrected chi connectivity index (χ4v) is 9.80. The molecule has 1 heterocycles. The van der Waals surface area contributed by atoms with E-state index in [1.807, 2.05) is 0 Å². The molecule has 3 aliphatic rings. The number of rotatable bonds is 16. The molecule has 2 fully saturated rings. The van der Waals surface area contributed by atoms with Gasteiger partial charge in [0.1, 0.15) is 18.0 Å². The summed E-state index contributed by atoms with van der Waals surface area (Å²) in [7, 11) is 9.25. The van der Waals surface area contributed by atoms with Crippen molar-refractivity contribution in [1.82, 2.24) is 9.47 Å². The Morgan fingerprint density at radius 2 is 1.46 bits per heavy atom. The molecule has 0 spiro atoms. The van der Waals surface area contributed by atoms with Crippen LogP contribution in [0.5, 0.6) is 23.0 Å². The molecule has 0 radical (unpaired) electrons. The van der Waals surface area contributed by atoms with Crippen molar-refractivity contribution in [2.24, 2.45) is 23.7 Å². The molecule has 6 rings (SSSR count). The van der Waals surface area contributed by atoms with Gasteiger partial charge in [-0.05, 0) is 92.8 Å². The average molecular weight is 857 g/mol. The van der Waals surface area contributed by atoms with Crippen LogP contribution in [-0.4, -0.2) is 140 Å². The summed E-state index contributed by atoms with van der Waals surface area (Å²) >= 11 is 0. The van der Waals surface area contributed by atoms with Crippen LogP contribution in [0.25, 0.3) is 10.9 Å². The highest BCUT2D eigenvalue weighted by Gasteiger charge is 2.55. The highest BCUT2D eigenvalue weighted by Crippen LogP contribution is 2.56. The number of aromatic nitrogens is 1. The molecule has 1 unspecified atom stereocenters. The number of likely N-dealkylation sites (N-methyl/N-ethyl adjacent to an activating group) is 1. The molecule has 0 bridgehead atoms. The Labute approximate surface area is 355 Å². The van der Waals surface area contributed by atoms with E-state index in [4.69, 9.17) is 53.6 Å². The lowest BCUT2D eigenvalue weighted by Gasteiger charge is -2.52. The topological polar surface area (TPSA) is 222 Å². The molecule has 2 aromatic carbocycles. The van der Waals surface area contributed by atoms with Crippen LogP contribution >= 0.6 is 0 Å². The number of fused-ring (bicyclic) bond motifs is 6. The molecule has 4 N–H and O–H groups in total. The molecule has 61 heavy (non-hydrogen) atoms. The van der Waals surface area contributed by atoms with Crippen molar-refractivity contribution < 1.29 is 72.8 Å². The van der Waals surface area contributed by atoms with Gasteiger partial charge in [0.2, 0.25) is 5.75 Å². The maximum absolute atomic E-state index is 13.7. The zero-order chi connectivity index (χ0) is 44.7. The zero-order valence-electron chi connectivity index (χ0n) is 36.1. The van der Waals surface area contributed by atoms with Crippen molar-refractivity contribution in [1.29, 1.82) is 0 Å². The first-order chi connectivity index (χ1) is 29.2. The number of carboxylic acid groups (broad SMARTS) is 2. The standard InChI is InChI=1S/C40H54N2O9.C4H6O6/c1-9-41(10-2)15-16-42-31-21-26(45-3)12-14-27(31)28-13-11-23-17-24-18-34(38(49-7)35(40(44)50-8)29(24)22-30(23)36(28)42)51-39(43)25-19-32(46-4)37(48-6)33(20-25)47-5;5-1(3(7)8)2(6)4(9)10/h12,14,19-21,23-24,29-30,34-35,38H,9-11,13,15-18,22H2,1-8H3;1-2,5-6H,(H,7,8)(H,9,10)/t23?,24-,29-,30-,34+,35-,38-;1-,2-/m01/s1. The van der Waals surface area contributed by atoms with Crippen molar-refractivity contribution in [2.45, 2.75) is 82.8 Å². The Hall–Kier alpha value is -5.10. The molecule has 0 aliphatic heterocycles. The first-order valence-corrected chi connectivity index (χ1v) is 20.6. The Morgan fingerprint density at radius 3 is 1.98 bits per heavy atom. The second-order valence-corrected chi connectivity index (χ2v) is 15.6. The SMILES string of the molecule is CCN(CC)CCn1c2c(c3ccc(OC)cc31)CCC1C[C@H]3C[C@@H](OC(=O)c4cc(OC)c(OC)c(OC)c4)[C@H](OC)[C@@H](C(=O)OC)[C@H]3C[C@H]21.O=C(O)[C@H](O)[C@@H](O)C(=O)O. The summed E-state index contributed by atoms with van der Waals surface area (Å²) in [5, 5.41) is 33.8. The lowest BCUT2D eigenvalue weighted by Crippen LogP contribution is -2.55. The van der Waals surface area contributed by atoms with E-state index in [1.54, 1.807) is 26.4 Å². The fraction of sp³-hybridized carbons (Fsp3) is 0.591. The van der Waals surface area contributed by atoms with E-state index in [9.17, 15) is 19.2 Å². The molecule has 17 nitrogen and oxygen atoms in total. The molecule has 0 amide bonds. The predicted octanol–water partition coefficient (Wildman–Crippen LogP) is 4.00. The third-order valence-electron chi connectivity index (χ3n) is 12.8. The number of carboxylic acids is 2. The molecule has 3 aliphatic carbocycles. The van der Waals surface area contributed by atoms with Crippen LogP contribution in [-0.2, 0) is 41.6 Å². The quantitative estimate of drug-likeness (QED) is 0.150. The van der Waals surface area contributed by atoms with Gasteiger partial charge in [0.25, 0.3) is 0 Å². The van der Waals surface area contributed by atoms with Crippen molar-refractivity contribution in [3.8, 4) is 23.0 Å². The molecule has 9 atom stereocenters. The second-order valence-electron chi connectivity index (χ2n) is 15.6. The summed E-state index contributed by atoms with van der Waals surface area (Å²) < 4.78 is 42.4. The zero-order valence-corrected chi connectivity index (χ0v) is 36.1. The van der Waals surface area contributed by atoms with Gasteiger partial charge in [0, 0.05) is 43.3 Å². The van der Waals surface area contributed by atoms with E-state index in [2.05, 4.69) is 41.5 Å². The molecule has 17 heteroatoms. The summed E-state index contributed by atoms with van der Waals surface area (Å²) in [4.78, 5) is 49.5. The van der Waals surface area contributed by atoms with Gasteiger partial charge < -0.3 is 63.1 Å². The third-order valence-corrected chi connectivity index (χ3v) is 12.8. The van der Waals surface area contributed by atoms with Crippen molar-refractivity contribution in [3.05, 3.63) is 47.2 Å². The van der Waals surface area contributed by atoms with Crippen LogP contribution in [0, 0.1) is 23.7 Å². The third kappa shape index (κ3) is 9.69. The minimum atomic E-state index is -2.27. The molecule has 0 saturated heterocycles. The summed E-state index contributed by atoms with van der Waals surface area (Å²) in [5.74, 6) is -2.15. The number of aliphatic hydroxyl groups is 2. The van der Waals surface area contributed by atoms with Crippen molar-refractivity contribution in [2.75, 3.05) is 62.3 Å². The molecule has 2 saturated carbocycles. The Kier molecular flexibility index (Phi) is 15.9. The monoisotopic (exact) mass is 856 g/mol. The van der Waals surface area contributed by atoms with Crippen molar-refractivity contribution in [3.63, 3.8) is 0 Å². The Morgan fingerprint density at radius 1 is 0.820 bits per heavy atom. The van der Waals surface area contributed by atoms with Gasteiger partial charge in [-0.2, -0.15) is 0 Å². The predicted molar refractivity (Wildman–Crippen MR) is 221 cm³/mol. The molecule has 3 aromatic rings. The molecule has 336 valence electrons. The van der Waals surface area contributed by atoms with Gasteiger partial charge in [-0.1, -0.05) is 13.8 Å². The van der Waals surface area contributed by atoms with Gasteiger partial charge in [0.05, 0.1) is 52.5 Å². The maximum Gasteiger partial charge on any atom is 0.338 e. The summed E-state index contributed by atoms with van der Waals surface area (Å²) in [5.41, 5.74) is 4.32. The van der Waals surface area contributed by atoms with Gasteiger partial charge in [-0.15, -0.1) is 0 Å². The van der Waals surface area contributed by atoms with Gasteiger partial charge in [0.15, 0.2) is 23.7 Å². The van der Waals surface area contributed by atoms with Gasteiger partial charge in [-0.25, -0.2) is 14.4 Å². The van der Waals surface area contributed by atoms with Gasteiger partial charge in [-0.3, -0.25) is 4.79 Å². The number of ether oxygens (including phenoxy) is 7. The van der Waals surface area contributed by atoms with Crippen LogP contribution in [0.1, 0.15) is 67.1 Å². The number of methoxy groups -OCH3 is 6. The highest BCUT2D eigenvalue weighted by atomic mass is 16.6. The summed E-state index contributed by atoms with van der Waals surface area (Å²) in [6.45, 7) is 8.27. The smallest absolute Gasteiger partial charge is 0.338 e. The number of aliphatic carboxylic acids is 2. The van der Waals surface area contributed by atoms with Crippen LogP contribution in [0.2, 0.25) is 0 Å². The average Bonchev–Trinajstić information content (AvgIpc) is 3.59. The number of hydrogen-bond donors (Lipinski definition) is 4. The lowest BCUT2D eigenvalue weighted by molar-refractivity contribution is -0.174. The minimum Gasteiger partial charge on any atom is -0.497 e. The number of esters is 2. The van der Waals surface area contributed by atoms with E-state index in [0.29, 0.717) is 29.6 Å². The number of nitrogens with zero attached hydrogens (tertiary/aromatic N) is 2. The van der Waals surface area contributed by atoms with E-state index < -0.39 is 48.2 Å². The molecular formula is C44H60N2O15. The Bertz CT molecular complexity index is 1990. The highest BCUT2D eigenvalue weighted by molar-refractivity contribution is 5.91. The number of aryl methyl sites for hydroxylation is 1. The largest absolute Gasteiger partial charge is 0.497 e. The van der Waals surface area contributed by atoms with Crippen LogP contribution < -0.4 is 18.9 Å². The lowest BCUT2D eigenvalue weighted by atomic mass is 9.56. The normalized spacial score (nSPS) is 23.8. The molecule has 1 aromatic heterocycles. The van der Waals surface area contributed by atoms with E-state index in [1.165, 1.54) is 50.6 Å². The maximum atomic E-state index is 13.7. The number of carbonyl (C=O) groups excluding carboxylic acids is 2. The summed E-state index contributed by atoms with van der Waals surface area (Å²) in [6.07, 6.45) is -1.37. The number of aliphatic hydroxyl groups excluding tert-OH is 2.